The predicted molar refractivity (Wildman–Crippen MR) is 61.5 cm³/mol. The molecule has 1 atom stereocenters. The van der Waals surface area contributed by atoms with Crippen molar-refractivity contribution in [2.24, 2.45) is 0 Å². The van der Waals surface area contributed by atoms with Gasteiger partial charge in [-0.2, -0.15) is 0 Å². The first-order valence-electron chi connectivity index (χ1n) is 5.22. The van der Waals surface area contributed by atoms with E-state index in [2.05, 4.69) is 46.5 Å². The molecule has 0 aliphatic heterocycles. The van der Waals surface area contributed by atoms with Crippen LogP contribution in [0.15, 0.2) is 22.7 Å². The van der Waals surface area contributed by atoms with Crippen molar-refractivity contribution in [1.82, 2.24) is 5.32 Å². The second-order valence-corrected chi connectivity index (χ2v) is 5.47. The lowest BCUT2D eigenvalue weighted by Gasteiger charge is -2.09. The highest BCUT2D eigenvalue weighted by Gasteiger charge is 2.51. The van der Waals surface area contributed by atoms with Crippen LogP contribution in [0.2, 0.25) is 0 Å². The molecule has 0 aromatic heterocycles. The van der Waals surface area contributed by atoms with Crippen LogP contribution in [0, 0.1) is 0 Å². The molecule has 2 aliphatic carbocycles. The van der Waals surface area contributed by atoms with Crippen LogP contribution in [0.1, 0.15) is 36.4 Å². The lowest BCUT2D eigenvalue weighted by molar-refractivity contribution is 0.526. The van der Waals surface area contributed by atoms with Crippen molar-refractivity contribution in [3.63, 3.8) is 0 Å². The number of halogens is 1. The molecule has 1 nitrogen and oxygen atoms in total. The third-order valence-electron chi connectivity index (χ3n) is 3.76. The first kappa shape index (κ1) is 8.93. The van der Waals surface area contributed by atoms with Crippen molar-refractivity contribution in [3.8, 4) is 0 Å². The van der Waals surface area contributed by atoms with E-state index < -0.39 is 0 Å². The fourth-order valence-electron chi connectivity index (χ4n) is 2.78. The molecule has 1 aromatic rings. The Morgan fingerprint density at radius 1 is 1.43 bits per heavy atom. The molecule has 1 spiro atoms. The largest absolute Gasteiger partial charge is 0.313 e. The van der Waals surface area contributed by atoms with Crippen LogP contribution in [-0.4, -0.2) is 7.05 Å². The van der Waals surface area contributed by atoms with Crippen molar-refractivity contribution in [1.29, 1.82) is 0 Å². The molecule has 0 heterocycles. The minimum Gasteiger partial charge on any atom is -0.313 e. The molecule has 74 valence electrons. The van der Waals surface area contributed by atoms with Crippen LogP contribution in [0.25, 0.3) is 0 Å². The monoisotopic (exact) mass is 251 g/mol. The van der Waals surface area contributed by atoms with Gasteiger partial charge in [0.25, 0.3) is 0 Å². The van der Waals surface area contributed by atoms with Gasteiger partial charge in [-0.25, -0.2) is 0 Å². The average molecular weight is 252 g/mol. The van der Waals surface area contributed by atoms with Crippen molar-refractivity contribution in [3.05, 3.63) is 33.8 Å². The zero-order valence-electron chi connectivity index (χ0n) is 8.31. The number of nitrogens with one attached hydrogen (secondary N) is 1. The Morgan fingerprint density at radius 2 is 2.21 bits per heavy atom. The Hall–Kier alpha value is -0.340. The molecule has 14 heavy (non-hydrogen) atoms. The van der Waals surface area contributed by atoms with Crippen LogP contribution in [0.4, 0.5) is 0 Å². The van der Waals surface area contributed by atoms with Gasteiger partial charge < -0.3 is 5.32 Å². The van der Waals surface area contributed by atoms with Gasteiger partial charge in [0.15, 0.2) is 0 Å². The fourth-order valence-corrected chi connectivity index (χ4v) is 3.15. The van der Waals surface area contributed by atoms with E-state index in [1.807, 2.05) is 0 Å². The van der Waals surface area contributed by atoms with E-state index in [-0.39, 0.29) is 0 Å². The van der Waals surface area contributed by atoms with Gasteiger partial charge >= 0.3 is 0 Å². The van der Waals surface area contributed by atoms with Gasteiger partial charge in [-0.05, 0) is 55.0 Å². The molecule has 0 saturated heterocycles. The van der Waals surface area contributed by atoms with Gasteiger partial charge in [-0.3, -0.25) is 0 Å². The summed E-state index contributed by atoms with van der Waals surface area (Å²) < 4.78 is 1.22. The summed E-state index contributed by atoms with van der Waals surface area (Å²) >= 11 is 3.57. The maximum absolute atomic E-state index is 3.57. The van der Waals surface area contributed by atoms with E-state index in [0.717, 1.165) is 0 Å². The molecular formula is C12H14BrN. The Labute approximate surface area is 93.0 Å². The molecular weight excluding hydrogens is 238 g/mol. The molecule has 1 aromatic carbocycles. The van der Waals surface area contributed by atoms with E-state index >= 15 is 0 Å². The standard InChI is InChI=1S/C12H14BrN/c1-14-11-7-12(4-5-12)10-6-8(13)2-3-9(10)11/h2-3,6,11,14H,4-5,7H2,1H3. The Morgan fingerprint density at radius 3 is 2.86 bits per heavy atom. The quantitative estimate of drug-likeness (QED) is 0.809. The molecule has 0 radical (unpaired) electrons. The number of benzene rings is 1. The highest BCUT2D eigenvalue weighted by atomic mass is 79.9. The molecule has 1 saturated carbocycles. The SMILES string of the molecule is CNC1CC2(CC2)c2cc(Br)ccc21. The van der Waals surface area contributed by atoms with Crippen molar-refractivity contribution >= 4 is 15.9 Å². The normalized spacial score (nSPS) is 26.6. The summed E-state index contributed by atoms with van der Waals surface area (Å²) in [4.78, 5) is 0. The highest BCUT2D eigenvalue weighted by molar-refractivity contribution is 9.10. The topological polar surface area (TPSA) is 12.0 Å². The average Bonchev–Trinajstić information content (AvgIpc) is 2.88. The molecule has 1 fully saturated rings. The van der Waals surface area contributed by atoms with E-state index in [1.54, 1.807) is 5.56 Å². The minimum atomic E-state index is 0.548. The van der Waals surface area contributed by atoms with Crippen molar-refractivity contribution < 1.29 is 0 Å². The first-order chi connectivity index (χ1) is 6.75. The zero-order valence-corrected chi connectivity index (χ0v) is 9.89. The van der Waals surface area contributed by atoms with Gasteiger partial charge in [0.2, 0.25) is 0 Å². The highest BCUT2D eigenvalue weighted by Crippen LogP contribution is 2.60. The van der Waals surface area contributed by atoms with Crippen LogP contribution in [0.5, 0.6) is 0 Å². The van der Waals surface area contributed by atoms with Crippen LogP contribution < -0.4 is 5.32 Å². The maximum atomic E-state index is 3.57. The minimum absolute atomic E-state index is 0.548. The summed E-state index contributed by atoms with van der Waals surface area (Å²) in [7, 11) is 2.07. The summed E-state index contributed by atoms with van der Waals surface area (Å²) in [6.07, 6.45) is 4.07. The number of hydrogen-bond acceptors (Lipinski definition) is 1. The second kappa shape index (κ2) is 2.83. The van der Waals surface area contributed by atoms with E-state index in [0.29, 0.717) is 11.5 Å². The molecule has 2 heteroatoms. The van der Waals surface area contributed by atoms with Crippen LogP contribution >= 0.6 is 15.9 Å². The molecule has 3 rings (SSSR count). The summed E-state index contributed by atoms with van der Waals surface area (Å²) in [5.74, 6) is 0. The van der Waals surface area contributed by atoms with Gasteiger partial charge in [0, 0.05) is 10.5 Å². The lowest BCUT2D eigenvalue weighted by Crippen LogP contribution is -2.13. The fraction of sp³-hybridized carbons (Fsp3) is 0.500. The number of fused-ring (bicyclic) bond motifs is 2. The van der Waals surface area contributed by atoms with Gasteiger partial charge in [-0.1, -0.05) is 22.0 Å². The van der Waals surface area contributed by atoms with Crippen molar-refractivity contribution in [2.75, 3.05) is 7.05 Å². The van der Waals surface area contributed by atoms with Gasteiger partial charge in [0.05, 0.1) is 0 Å². The Bertz CT molecular complexity index is 382. The van der Waals surface area contributed by atoms with E-state index in [1.165, 1.54) is 29.3 Å². The third-order valence-corrected chi connectivity index (χ3v) is 4.25. The van der Waals surface area contributed by atoms with E-state index in [4.69, 9.17) is 0 Å². The summed E-state index contributed by atoms with van der Waals surface area (Å²) in [6, 6.07) is 7.33. The predicted octanol–water partition coefficient (Wildman–Crippen LogP) is 3.14. The van der Waals surface area contributed by atoms with Crippen LogP contribution in [0.3, 0.4) is 0 Å². The molecule has 0 amide bonds. The first-order valence-corrected chi connectivity index (χ1v) is 6.02. The van der Waals surface area contributed by atoms with Crippen molar-refractivity contribution in [2.45, 2.75) is 30.7 Å². The summed E-state index contributed by atoms with van der Waals surface area (Å²) in [6.45, 7) is 0. The van der Waals surface area contributed by atoms with Crippen LogP contribution in [-0.2, 0) is 5.41 Å². The molecule has 1 unspecified atom stereocenters. The van der Waals surface area contributed by atoms with Gasteiger partial charge in [-0.15, -0.1) is 0 Å². The maximum Gasteiger partial charge on any atom is 0.0329 e. The molecule has 1 N–H and O–H groups in total. The Balaban J connectivity index is 2.14. The summed E-state index contributed by atoms with van der Waals surface area (Å²) in [5.41, 5.74) is 3.66. The zero-order chi connectivity index (χ0) is 9.76. The summed E-state index contributed by atoms with van der Waals surface area (Å²) in [5, 5.41) is 3.42. The number of hydrogen-bond donors (Lipinski definition) is 1. The molecule has 2 aliphatic rings. The lowest BCUT2D eigenvalue weighted by atomic mass is 9.99. The van der Waals surface area contributed by atoms with Gasteiger partial charge in [0.1, 0.15) is 0 Å². The third kappa shape index (κ3) is 1.10. The van der Waals surface area contributed by atoms with E-state index in [9.17, 15) is 0 Å². The number of rotatable bonds is 1. The smallest absolute Gasteiger partial charge is 0.0329 e. The second-order valence-electron chi connectivity index (χ2n) is 4.56. The Kier molecular flexibility index (Phi) is 1.80. The molecule has 0 bridgehead atoms.